The summed E-state index contributed by atoms with van der Waals surface area (Å²) in [5.74, 6) is -0.437. The van der Waals surface area contributed by atoms with Gasteiger partial charge in [0, 0.05) is 11.3 Å². The Morgan fingerprint density at radius 2 is 2.30 bits per heavy atom. The maximum atomic E-state index is 12.0. The van der Waals surface area contributed by atoms with Gasteiger partial charge in [-0.25, -0.2) is 9.97 Å². The number of aryl methyl sites for hydroxylation is 1. The molecular weight excluding hydrogens is 304 g/mol. The molecule has 0 aliphatic rings. The Balaban J connectivity index is 2.18. The molecule has 1 amide bonds. The van der Waals surface area contributed by atoms with Gasteiger partial charge in [0.2, 0.25) is 0 Å². The number of nitro groups is 1. The molecule has 0 aromatic carbocycles. The molecule has 2 rings (SSSR count). The minimum Gasteiger partial charge on any atom is -0.298 e. The maximum absolute atomic E-state index is 12.0. The highest BCUT2D eigenvalue weighted by atomic mass is 35.5. The summed E-state index contributed by atoms with van der Waals surface area (Å²) in [4.78, 5) is 29.8. The van der Waals surface area contributed by atoms with Crippen LogP contribution < -0.4 is 5.32 Å². The van der Waals surface area contributed by atoms with Crippen molar-refractivity contribution in [3.05, 3.63) is 44.9 Å². The summed E-state index contributed by atoms with van der Waals surface area (Å²) in [7, 11) is 0. The lowest BCUT2D eigenvalue weighted by atomic mass is 10.2. The monoisotopic (exact) mass is 312 g/mol. The number of thiazole rings is 1. The quantitative estimate of drug-likeness (QED) is 0.531. The Morgan fingerprint density at radius 3 is 2.90 bits per heavy atom. The van der Waals surface area contributed by atoms with Crippen LogP contribution in [0.4, 0.5) is 10.1 Å². The molecule has 2 aromatic heterocycles. The van der Waals surface area contributed by atoms with Crippen molar-refractivity contribution in [1.29, 1.82) is 0 Å². The summed E-state index contributed by atoms with van der Waals surface area (Å²) in [5, 5.41) is 13.3. The topological polar surface area (TPSA) is 98.0 Å². The Bertz CT molecular complexity index is 673. The van der Waals surface area contributed by atoms with Gasteiger partial charge in [-0.3, -0.25) is 20.2 Å². The number of carbonyl (C=O) groups is 1. The number of halogens is 1. The molecule has 0 unspecified atom stereocenters. The van der Waals surface area contributed by atoms with E-state index in [2.05, 4.69) is 15.3 Å². The highest BCUT2D eigenvalue weighted by molar-refractivity contribution is 7.18. The molecule has 7 nitrogen and oxygen atoms in total. The molecule has 1 N–H and O–H groups in total. The van der Waals surface area contributed by atoms with Gasteiger partial charge in [-0.15, -0.1) is 0 Å². The molecule has 2 heterocycles. The van der Waals surface area contributed by atoms with Gasteiger partial charge in [-0.05, 0) is 29.9 Å². The second-order valence-electron chi connectivity index (χ2n) is 3.74. The number of amides is 1. The zero-order valence-corrected chi connectivity index (χ0v) is 11.9. The van der Waals surface area contributed by atoms with Gasteiger partial charge in [-0.2, -0.15) is 0 Å². The van der Waals surface area contributed by atoms with Crippen LogP contribution in [0.15, 0.2) is 18.3 Å². The Hall–Kier alpha value is -2.06. The SMILES string of the molecule is CCc1cc(C(=O)Nc2ncc([N+](=O)[O-])s2)cc(Cl)n1. The van der Waals surface area contributed by atoms with Gasteiger partial charge in [-0.1, -0.05) is 18.5 Å². The summed E-state index contributed by atoms with van der Waals surface area (Å²) in [6.07, 6.45) is 1.74. The first-order chi connectivity index (χ1) is 9.49. The largest absolute Gasteiger partial charge is 0.345 e. The predicted molar refractivity (Wildman–Crippen MR) is 75.3 cm³/mol. The normalized spacial score (nSPS) is 10.3. The van der Waals surface area contributed by atoms with Crippen LogP contribution >= 0.6 is 22.9 Å². The molecule has 0 aliphatic carbocycles. The molecule has 104 valence electrons. The van der Waals surface area contributed by atoms with Crippen LogP contribution in [0, 0.1) is 10.1 Å². The van der Waals surface area contributed by atoms with Crippen LogP contribution in [0.2, 0.25) is 5.15 Å². The number of rotatable bonds is 4. The zero-order valence-electron chi connectivity index (χ0n) is 10.3. The summed E-state index contributed by atoms with van der Waals surface area (Å²) >= 11 is 6.62. The van der Waals surface area contributed by atoms with Crippen molar-refractivity contribution in [2.45, 2.75) is 13.3 Å². The molecule has 0 bridgehead atoms. The third kappa shape index (κ3) is 3.28. The first-order valence-electron chi connectivity index (χ1n) is 5.57. The average molecular weight is 313 g/mol. The van der Waals surface area contributed by atoms with E-state index in [1.54, 1.807) is 6.07 Å². The van der Waals surface area contributed by atoms with E-state index in [9.17, 15) is 14.9 Å². The van der Waals surface area contributed by atoms with Gasteiger partial charge in [0.05, 0.1) is 4.92 Å². The van der Waals surface area contributed by atoms with Crippen LogP contribution in [0.3, 0.4) is 0 Å². The number of aromatic nitrogens is 2. The van der Waals surface area contributed by atoms with E-state index in [-0.39, 0.29) is 15.3 Å². The molecular formula is C11H9ClN4O3S. The van der Waals surface area contributed by atoms with E-state index in [4.69, 9.17) is 11.6 Å². The van der Waals surface area contributed by atoms with Crippen molar-refractivity contribution in [2.24, 2.45) is 0 Å². The first-order valence-corrected chi connectivity index (χ1v) is 6.77. The lowest BCUT2D eigenvalue weighted by Gasteiger charge is -2.04. The van der Waals surface area contributed by atoms with E-state index in [0.29, 0.717) is 17.7 Å². The molecule has 9 heteroatoms. The van der Waals surface area contributed by atoms with E-state index < -0.39 is 10.8 Å². The number of nitrogens with one attached hydrogen (secondary N) is 1. The fraction of sp³-hybridized carbons (Fsp3) is 0.182. The first kappa shape index (κ1) is 14.4. The van der Waals surface area contributed by atoms with Crippen LogP contribution in [0.5, 0.6) is 0 Å². The fourth-order valence-corrected chi connectivity index (χ4v) is 2.29. The minimum absolute atomic E-state index is 0.137. The minimum atomic E-state index is -0.564. The van der Waals surface area contributed by atoms with Crippen LogP contribution in [-0.4, -0.2) is 20.8 Å². The molecule has 0 saturated heterocycles. The van der Waals surface area contributed by atoms with E-state index in [1.807, 2.05) is 6.92 Å². The third-order valence-electron chi connectivity index (χ3n) is 2.37. The Morgan fingerprint density at radius 1 is 1.55 bits per heavy atom. The molecule has 0 fully saturated rings. The summed E-state index contributed by atoms with van der Waals surface area (Å²) in [5.41, 5.74) is 1.02. The second-order valence-corrected chi connectivity index (χ2v) is 5.13. The second kappa shape index (κ2) is 5.93. The number of anilines is 1. The molecule has 0 radical (unpaired) electrons. The van der Waals surface area contributed by atoms with Gasteiger partial charge < -0.3 is 0 Å². The van der Waals surface area contributed by atoms with Crippen molar-refractivity contribution in [2.75, 3.05) is 5.32 Å². The van der Waals surface area contributed by atoms with Crippen LogP contribution in [0.25, 0.3) is 0 Å². The number of hydrogen-bond donors (Lipinski definition) is 1. The average Bonchev–Trinajstić information content (AvgIpc) is 2.86. The summed E-state index contributed by atoms with van der Waals surface area (Å²) < 4.78 is 0. The van der Waals surface area contributed by atoms with E-state index in [0.717, 1.165) is 17.5 Å². The molecule has 20 heavy (non-hydrogen) atoms. The third-order valence-corrected chi connectivity index (χ3v) is 3.42. The molecule has 0 atom stereocenters. The Kier molecular flexibility index (Phi) is 4.26. The van der Waals surface area contributed by atoms with Crippen molar-refractivity contribution >= 4 is 39.0 Å². The number of nitrogens with zero attached hydrogens (tertiary/aromatic N) is 3. The van der Waals surface area contributed by atoms with Crippen LogP contribution in [0.1, 0.15) is 23.0 Å². The lowest BCUT2D eigenvalue weighted by Crippen LogP contribution is -2.12. The Labute approximate surface area is 122 Å². The van der Waals surface area contributed by atoms with Gasteiger partial charge >= 0.3 is 5.00 Å². The summed E-state index contributed by atoms with van der Waals surface area (Å²) in [6.45, 7) is 1.89. The van der Waals surface area contributed by atoms with E-state index in [1.165, 1.54) is 6.07 Å². The van der Waals surface area contributed by atoms with Gasteiger partial charge in [0.25, 0.3) is 5.91 Å². The van der Waals surface area contributed by atoms with Crippen molar-refractivity contribution in [3.63, 3.8) is 0 Å². The molecule has 0 aliphatic heterocycles. The van der Waals surface area contributed by atoms with E-state index >= 15 is 0 Å². The molecule has 2 aromatic rings. The number of pyridine rings is 1. The standard InChI is InChI=1S/C11H9ClN4O3S/c1-2-7-3-6(4-8(12)14-7)10(17)15-11-13-5-9(20-11)16(18)19/h3-5H,2H2,1H3,(H,13,15,17). The summed E-state index contributed by atoms with van der Waals surface area (Å²) in [6, 6.07) is 3.04. The highest BCUT2D eigenvalue weighted by Crippen LogP contribution is 2.25. The van der Waals surface area contributed by atoms with Crippen LogP contribution in [-0.2, 0) is 6.42 Å². The smallest absolute Gasteiger partial charge is 0.298 e. The molecule has 0 spiro atoms. The molecule has 0 saturated carbocycles. The van der Waals surface area contributed by atoms with Crippen molar-refractivity contribution in [1.82, 2.24) is 9.97 Å². The highest BCUT2D eigenvalue weighted by Gasteiger charge is 2.15. The fourth-order valence-electron chi connectivity index (χ4n) is 1.44. The predicted octanol–water partition coefficient (Wildman–Crippen LogP) is 2.91. The van der Waals surface area contributed by atoms with Gasteiger partial charge in [0.1, 0.15) is 11.3 Å². The van der Waals surface area contributed by atoms with Crippen molar-refractivity contribution < 1.29 is 9.72 Å². The zero-order chi connectivity index (χ0) is 14.7. The maximum Gasteiger partial charge on any atom is 0.345 e. The lowest BCUT2D eigenvalue weighted by molar-refractivity contribution is -0.380. The number of hydrogen-bond acceptors (Lipinski definition) is 6. The van der Waals surface area contributed by atoms with Crippen molar-refractivity contribution in [3.8, 4) is 0 Å². The van der Waals surface area contributed by atoms with Gasteiger partial charge in [0.15, 0.2) is 5.13 Å². The number of carbonyl (C=O) groups excluding carboxylic acids is 1.